The van der Waals surface area contributed by atoms with Crippen molar-refractivity contribution < 1.29 is 0 Å². The van der Waals surface area contributed by atoms with Gasteiger partial charge in [0, 0.05) is 9.75 Å². The molecule has 2 heteroatoms. The molecule has 1 heterocycles. The second-order valence-electron chi connectivity index (χ2n) is 6.68. The Morgan fingerprint density at radius 1 is 1.11 bits per heavy atom. The van der Waals surface area contributed by atoms with Crippen LogP contribution in [0.2, 0.25) is 0 Å². The van der Waals surface area contributed by atoms with Gasteiger partial charge in [-0.25, -0.2) is 0 Å². The summed E-state index contributed by atoms with van der Waals surface area (Å²) in [4.78, 5) is 3.66. The minimum absolute atomic E-state index is 0.606. The van der Waals surface area contributed by atoms with Crippen LogP contribution < -0.4 is 0 Å². The summed E-state index contributed by atoms with van der Waals surface area (Å²) in [7, 11) is 0. The predicted molar refractivity (Wildman–Crippen MR) is 88.3 cm³/mol. The molecule has 4 atom stereocenters. The standard InChI is InChI=1S/C17H25BrS/c1-11-9-12(2)19-17(11)16(18)15-8-7-13-5-3-4-6-14(13)10-15/h9,13-16H,3-8,10H2,1-2H3. The Kier molecular flexibility index (Phi) is 4.38. The topological polar surface area (TPSA) is 0 Å². The molecule has 19 heavy (non-hydrogen) atoms. The van der Waals surface area contributed by atoms with Gasteiger partial charge in [-0.1, -0.05) is 41.6 Å². The molecule has 0 spiro atoms. The number of halogens is 1. The average Bonchev–Trinajstić information content (AvgIpc) is 2.76. The molecule has 1 aromatic rings. The van der Waals surface area contributed by atoms with Crippen LogP contribution in [0.4, 0.5) is 0 Å². The lowest BCUT2D eigenvalue weighted by atomic mass is 9.67. The Balaban J connectivity index is 1.70. The highest BCUT2D eigenvalue weighted by Crippen LogP contribution is 2.50. The van der Waals surface area contributed by atoms with Crippen molar-refractivity contribution in [2.75, 3.05) is 0 Å². The summed E-state index contributed by atoms with van der Waals surface area (Å²) < 4.78 is 0. The molecule has 1 aromatic heterocycles. The number of aryl methyl sites for hydroxylation is 2. The number of rotatable bonds is 2. The van der Waals surface area contributed by atoms with E-state index >= 15 is 0 Å². The van der Waals surface area contributed by atoms with Crippen LogP contribution in [0.3, 0.4) is 0 Å². The van der Waals surface area contributed by atoms with Crippen molar-refractivity contribution in [1.29, 1.82) is 0 Å². The number of alkyl halides is 1. The van der Waals surface area contributed by atoms with Gasteiger partial charge in [0.05, 0.1) is 4.83 Å². The summed E-state index contributed by atoms with van der Waals surface area (Å²) in [6, 6.07) is 2.35. The average molecular weight is 341 g/mol. The summed E-state index contributed by atoms with van der Waals surface area (Å²) in [5.74, 6) is 2.97. The maximum absolute atomic E-state index is 4.04. The molecule has 2 aliphatic carbocycles. The third kappa shape index (κ3) is 2.95. The molecule has 0 saturated heterocycles. The summed E-state index contributed by atoms with van der Waals surface area (Å²) in [5.41, 5.74) is 1.50. The van der Waals surface area contributed by atoms with E-state index in [4.69, 9.17) is 0 Å². The molecule has 106 valence electrons. The number of fused-ring (bicyclic) bond motifs is 1. The van der Waals surface area contributed by atoms with Gasteiger partial charge in [0.2, 0.25) is 0 Å². The van der Waals surface area contributed by atoms with Gasteiger partial charge in [0.25, 0.3) is 0 Å². The largest absolute Gasteiger partial charge is 0.144 e. The Morgan fingerprint density at radius 3 is 2.53 bits per heavy atom. The molecule has 2 fully saturated rings. The maximum atomic E-state index is 4.04. The molecule has 0 amide bonds. The van der Waals surface area contributed by atoms with Gasteiger partial charge in [-0.15, -0.1) is 11.3 Å². The number of hydrogen-bond donors (Lipinski definition) is 0. The van der Waals surface area contributed by atoms with E-state index in [1.165, 1.54) is 55.4 Å². The summed E-state index contributed by atoms with van der Waals surface area (Å²) in [5, 5.41) is 0. The van der Waals surface area contributed by atoms with E-state index in [-0.39, 0.29) is 0 Å². The second kappa shape index (κ2) is 5.89. The quantitative estimate of drug-likeness (QED) is 0.545. The Morgan fingerprint density at radius 2 is 1.84 bits per heavy atom. The van der Waals surface area contributed by atoms with Crippen molar-refractivity contribution in [3.05, 3.63) is 21.4 Å². The summed E-state index contributed by atoms with van der Waals surface area (Å²) in [6.45, 7) is 4.51. The van der Waals surface area contributed by atoms with Crippen LogP contribution in [-0.4, -0.2) is 0 Å². The van der Waals surface area contributed by atoms with Gasteiger partial charge in [-0.05, 0) is 62.5 Å². The van der Waals surface area contributed by atoms with Crippen molar-refractivity contribution in [1.82, 2.24) is 0 Å². The van der Waals surface area contributed by atoms with E-state index in [9.17, 15) is 0 Å². The SMILES string of the molecule is Cc1cc(C)c(C(Br)C2CCC3CCCCC3C2)s1. The second-order valence-corrected chi connectivity index (χ2v) is 8.96. The molecule has 2 aliphatic rings. The summed E-state index contributed by atoms with van der Waals surface area (Å²) >= 11 is 6.04. The lowest BCUT2D eigenvalue weighted by molar-refractivity contribution is 0.129. The first-order valence-corrected chi connectivity index (χ1v) is 9.59. The Labute approximate surface area is 130 Å². The first kappa shape index (κ1) is 14.1. The van der Waals surface area contributed by atoms with Gasteiger partial charge < -0.3 is 0 Å². The van der Waals surface area contributed by atoms with Gasteiger partial charge in [-0.3, -0.25) is 0 Å². The summed E-state index contributed by atoms with van der Waals surface area (Å²) in [6.07, 6.45) is 10.4. The number of thiophene rings is 1. The predicted octanol–water partition coefficient (Wildman–Crippen LogP) is 6.41. The minimum atomic E-state index is 0.606. The van der Waals surface area contributed by atoms with Gasteiger partial charge in [0.15, 0.2) is 0 Å². The fourth-order valence-electron chi connectivity index (χ4n) is 4.32. The fraction of sp³-hybridized carbons (Fsp3) is 0.765. The van der Waals surface area contributed by atoms with Crippen molar-refractivity contribution in [2.45, 2.75) is 63.6 Å². The number of hydrogen-bond acceptors (Lipinski definition) is 1. The first-order chi connectivity index (χ1) is 9.15. The van der Waals surface area contributed by atoms with Gasteiger partial charge in [-0.2, -0.15) is 0 Å². The van der Waals surface area contributed by atoms with Crippen LogP contribution in [0.15, 0.2) is 6.07 Å². The van der Waals surface area contributed by atoms with Crippen LogP contribution in [0.25, 0.3) is 0 Å². The van der Waals surface area contributed by atoms with E-state index < -0.39 is 0 Å². The van der Waals surface area contributed by atoms with E-state index in [0.717, 1.165) is 17.8 Å². The normalized spacial score (nSPS) is 32.9. The molecular formula is C17H25BrS. The monoisotopic (exact) mass is 340 g/mol. The van der Waals surface area contributed by atoms with Crippen molar-refractivity contribution in [3.8, 4) is 0 Å². The molecule has 0 N–H and O–H groups in total. The van der Waals surface area contributed by atoms with Crippen molar-refractivity contribution in [2.24, 2.45) is 17.8 Å². The van der Waals surface area contributed by atoms with Crippen LogP contribution in [-0.2, 0) is 0 Å². The highest BCUT2D eigenvalue weighted by atomic mass is 79.9. The zero-order chi connectivity index (χ0) is 13.4. The highest BCUT2D eigenvalue weighted by Gasteiger charge is 2.35. The van der Waals surface area contributed by atoms with E-state index in [1.54, 1.807) is 4.88 Å². The Hall–Kier alpha value is 0.180. The molecule has 0 aromatic carbocycles. The van der Waals surface area contributed by atoms with Gasteiger partial charge in [0.1, 0.15) is 0 Å². The molecule has 0 radical (unpaired) electrons. The zero-order valence-electron chi connectivity index (χ0n) is 12.1. The Bertz CT molecular complexity index is 436. The molecule has 3 rings (SSSR count). The molecular weight excluding hydrogens is 316 g/mol. The van der Waals surface area contributed by atoms with Crippen LogP contribution in [0.1, 0.15) is 65.1 Å². The fourth-order valence-corrected chi connectivity index (χ4v) is 6.55. The molecule has 0 bridgehead atoms. The minimum Gasteiger partial charge on any atom is -0.144 e. The van der Waals surface area contributed by atoms with E-state index in [2.05, 4.69) is 35.8 Å². The van der Waals surface area contributed by atoms with Crippen molar-refractivity contribution >= 4 is 27.3 Å². The molecule has 0 nitrogen and oxygen atoms in total. The lowest BCUT2D eigenvalue weighted by Crippen LogP contribution is -2.29. The molecule has 2 saturated carbocycles. The molecule has 4 unspecified atom stereocenters. The van der Waals surface area contributed by atoms with E-state index in [0.29, 0.717) is 4.83 Å². The van der Waals surface area contributed by atoms with Crippen molar-refractivity contribution in [3.63, 3.8) is 0 Å². The maximum Gasteiger partial charge on any atom is 0.0520 e. The van der Waals surface area contributed by atoms with Gasteiger partial charge >= 0.3 is 0 Å². The third-order valence-corrected chi connectivity index (χ3v) is 8.07. The zero-order valence-corrected chi connectivity index (χ0v) is 14.5. The van der Waals surface area contributed by atoms with Crippen LogP contribution >= 0.6 is 27.3 Å². The smallest absolute Gasteiger partial charge is 0.0520 e. The molecule has 0 aliphatic heterocycles. The highest BCUT2D eigenvalue weighted by molar-refractivity contribution is 9.09. The van der Waals surface area contributed by atoms with Crippen LogP contribution in [0, 0.1) is 31.6 Å². The lowest BCUT2D eigenvalue weighted by Gasteiger charge is -2.40. The first-order valence-electron chi connectivity index (χ1n) is 7.86. The third-order valence-electron chi connectivity index (χ3n) is 5.32. The van der Waals surface area contributed by atoms with E-state index in [1.807, 2.05) is 11.3 Å². The van der Waals surface area contributed by atoms with Crippen LogP contribution in [0.5, 0.6) is 0 Å².